The van der Waals surface area contributed by atoms with E-state index in [1.165, 1.54) is 25.7 Å². The maximum atomic E-state index is 2.80. The van der Waals surface area contributed by atoms with E-state index in [2.05, 4.69) is 94.9 Å². The molecule has 0 amide bonds. The molecule has 188 valence electrons. The molecule has 2 aromatic rings. The van der Waals surface area contributed by atoms with Gasteiger partial charge in [0.15, 0.2) is 0 Å². The molecule has 2 aliphatic carbocycles. The third kappa shape index (κ3) is 5.40. The summed E-state index contributed by atoms with van der Waals surface area (Å²) in [5, 5.41) is 0. The quantitative estimate of drug-likeness (QED) is 0.210. The van der Waals surface area contributed by atoms with Gasteiger partial charge in [0.05, 0.1) is 0 Å². The molecule has 2 aromatic carbocycles. The van der Waals surface area contributed by atoms with Crippen LogP contribution in [0.1, 0.15) is 83.0 Å². The number of benzene rings is 2. The Kier molecular flexibility index (Phi) is 9.02. The van der Waals surface area contributed by atoms with Crippen LogP contribution in [0.3, 0.4) is 0 Å². The molecule has 0 bridgehead atoms. The topological polar surface area (TPSA) is 0 Å². The van der Waals surface area contributed by atoms with Crippen LogP contribution in [0.25, 0.3) is 11.1 Å². The fraction of sp³-hybridized carbons (Fsp3) is 0.500. The van der Waals surface area contributed by atoms with E-state index in [-0.39, 0.29) is 9.52 Å². The zero-order valence-corrected chi connectivity index (χ0v) is 32.3. The Morgan fingerprint density at radius 2 is 1.00 bits per heavy atom. The molecule has 2 atom stereocenters. The van der Waals surface area contributed by atoms with Gasteiger partial charge in [-0.05, 0) is 0 Å². The zero-order chi connectivity index (χ0) is 25.4. The van der Waals surface area contributed by atoms with Crippen LogP contribution in [0.4, 0.5) is 0 Å². The summed E-state index contributed by atoms with van der Waals surface area (Å²) < 4.78 is 16.3. The monoisotopic (exact) mass is 820 g/mol. The van der Waals surface area contributed by atoms with Crippen molar-refractivity contribution in [3.8, 4) is 0 Å². The van der Waals surface area contributed by atoms with Gasteiger partial charge in [0, 0.05) is 0 Å². The van der Waals surface area contributed by atoms with E-state index in [1.807, 2.05) is 0 Å². The van der Waals surface area contributed by atoms with E-state index in [9.17, 15) is 0 Å². The second-order valence-corrected chi connectivity index (χ2v) is 57.9. The average molecular weight is 818 g/mol. The van der Waals surface area contributed by atoms with Crippen molar-refractivity contribution in [1.29, 1.82) is 0 Å². The van der Waals surface area contributed by atoms with Gasteiger partial charge in [-0.2, -0.15) is 0 Å². The molecule has 0 fully saturated rings. The van der Waals surface area contributed by atoms with Crippen LogP contribution in [0, 0.1) is 0 Å². The number of hydrogen-bond acceptors (Lipinski definition) is 0. The second kappa shape index (κ2) is 11.3. The summed E-state index contributed by atoms with van der Waals surface area (Å²) >= 11 is -4.85. The molecule has 4 rings (SSSR count). The minimum atomic E-state index is -2.43. The summed E-state index contributed by atoms with van der Waals surface area (Å²) in [6, 6.07) is 18.9. The van der Waals surface area contributed by atoms with Crippen molar-refractivity contribution in [2.24, 2.45) is 0 Å². The van der Waals surface area contributed by atoms with E-state index >= 15 is 0 Å². The summed E-state index contributed by atoms with van der Waals surface area (Å²) in [6.07, 6.45) is 5.05. The van der Waals surface area contributed by atoms with Gasteiger partial charge in [-0.15, -0.1) is 0 Å². The molecule has 0 radical (unpaired) electrons. The summed E-state index contributed by atoms with van der Waals surface area (Å²) in [4.78, 5) is 0. The molecule has 0 spiro atoms. The second-order valence-electron chi connectivity index (χ2n) is 12.7. The fourth-order valence-corrected chi connectivity index (χ4v) is 71.2. The van der Waals surface area contributed by atoms with Gasteiger partial charge >= 0.3 is 230 Å². The van der Waals surface area contributed by atoms with Crippen molar-refractivity contribution >= 4 is 20.7 Å². The molecular formula is C32H48Hf2Si. The molecule has 0 saturated heterocycles. The van der Waals surface area contributed by atoms with Gasteiger partial charge in [-0.3, -0.25) is 0 Å². The normalized spacial score (nSPS) is 20.3. The van der Waals surface area contributed by atoms with Gasteiger partial charge in [-0.1, -0.05) is 0 Å². The molecule has 0 aliphatic heterocycles. The number of hydrogen-bond donors (Lipinski definition) is 0. The Morgan fingerprint density at radius 1 is 0.629 bits per heavy atom. The predicted molar refractivity (Wildman–Crippen MR) is 155 cm³/mol. The van der Waals surface area contributed by atoms with Gasteiger partial charge in [0.25, 0.3) is 0 Å². The summed E-state index contributed by atoms with van der Waals surface area (Å²) in [6.45, 7) is 9.69. The van der Waals surface area contributed by atoms with Crippen molar-refractivity contribution in [3.05, 3.63) is 81.9 Å². The maximum absolute atomic E-state index is 2.80. The number of rotatable bonds is 10. The molecule has 0 aromatic heterocycles. The van der Waals surface area contributed by atoms with Crippen molar-refractivity contribution in [1.82, 2.24) is 0 Å². The number of fused-ring (bicyclic) bond motifs is 2. The Labute approximate surface area is 227 Å². The first-order valence-electron chi connectivity index (χ1n) is 14.2. The summed E-state index contributed by atoms with van der Waals surface area (Å²) in [7, 11) is -0.0145. The van der Waals surface area contributed by atoms with E-state index in [1.54, 1.807) is 52.1 Å². The Hall–Kier alpha value is -0.123. The molecule has 3 heteroatoms. The first-order chi connectivity index (χ1) is 16.6. The van der Waals surface area contributed by atoms with E-state index < -0.39 is 39.9 Å². The SMILES string of the molecule is CCCC1=C(C)[CH]([Hf]([CH3])([CH3])[CH2][SiH2][CH2][Hf]([CH3])([CH3])[CH]2C(C)=C(CCC)c3ccccc32)c2ccccc21. The van der Waals surface area contributed by atoms with Crippen LogP contribution >= 0.6 is 0 Å². The van der Waals surface area contributed by atoms with Crippen LogP contribution in [-0.4, -0.2) is 9.52 Å². The fourth-order valence-electron chi connectivity index (χ4n) is 7.75. The van der Waals surface area contributed by atoms with Crippen LogP contribution < -0.4 is 0 Å². The van der Waals surface area contributed by atoms with Crippen molar-refractivity contribution in [3.63, 3.8) is 0 Å². The van der Waals surface area contributed by atoms with Crippen molar-refractivity contribution < 1.29 is 39.9 Å². The van der Waals surface area contributed by atoms with Crippen LogP contribution in [-0.2, 0) is 39.9 Å². The standard InChI is InChI=1S/2C13H15.C2H6Si.4CH3.2Hf/c2*1-3-6-12-10(2)9-11-7-4-5-8-13(11)12;1-3-2;;;;;;/h2*4-5,7-9H,3,6H2,1-2H3;1-3H2;4*1H3;;. The summed E-state index contributed by atoms with van der Waals surface area (Å²) in [5.74, 6) is 0. The average Bonchev–Trinajstić information content (AvgIpc) is 3.26. The third-order valence-electron chi connectivity index (χ3n) is 9.22. The van der Waals surface area contributed by atoms with E-state index in [4.69, 9.17) is 0 Å². The van der Waals surface area contributed by atoms with Gasteiger partial charge < -0.3 is 0 Å². The minimum absolute atomic E-state index is 0.0145. The van der Waals surface area contributed by atoms with Crippen molar-refractivity contribution in [2.75, 3.05) is 0 Å². The van der Waals surface area contributed by atoms with Crippen molar-refractivity contribution in [2.45, 2.75) is 87.0 Å². The number of allylic oxidation sites excluding steroid dienone is 4. The molecule has 0 nitrogen and oxygen atoms in total. The van der Waals surface area contributed by atoms with Crippen LogP contribution in [0.5, 0.6) is 0 Å². The van der Waals surface area contributed by atoms with E-state index in [0.717, 1.165) is 7.35 Å². The third-order valence-corrected chi connectivity index (χ3v) is 64.5. The molecule has 35 heavy (non-hydrogen) atoms. The van der Waals surface area contributed by atoms with Crippen LogP contribution in [0.2, 0.25) is 26.3 Å². The molecule has 0 heterocycles. The molecular weight excluding hydrogens is 769 g/mol. The summed E-state index contributed by atoms with van der Waals surface area (Å²) in [5.41, 5.74) is 13.6. The Bertz CT molecular complexity index is 1050. The van der Waals surface area contributed by atoms with Crippen LogP contribution in [0.15, 0.2) is 59.7 Å². The first kappa shape index (κ1) is 27.9. The predicted octanol–water partition coefficient (Wildman–Crippen LogP) is 10.1. The molecule has 2 unspecified atom stereocenters. The van der Waals surface area contributed by atoms with Gasteiger partial charge in [0.1, 0.15) is 0 Å². The zero-order valence-electron chi connectivity index (χ0n) is 23.7. The Balaban J connectivity index is 1.53. The Morgan fingerprint density at radius 3 is 1.37 bits per heavy atom. The first-order valence-corrected chi connectivity index (χ1v) is 39.8. The molecule has 0 saturated carbocycles. The molecule has 2 aliphatic rings. The van der Waals surface area contributed by atoms with Gasteiger partial charge in [-0.25, -0.2) is 0 Å². The van der Waals surface area contributed by atoms with E-state index in [0.29, 0.717) is 0 Å². The van der Waals surface area contributed by atoms with Gasteiger partial charge in [0.2, 0.25) is 0 Å². The molecule has 0 N–H and O–H groups in total.